The Morgan fingerprint density at radius 1 is 1.18 bits per heavy atom. The van der Waals surface area contributed by atoms with Crippen LogP contribution in [0.3, 0.4) is 0 Å². The van der Waals surface area contributed by atoms with Crippen molar-refractivity contribution in [3.63, 3.8) is 0 Å². The molecule has 5 heteroatoms. The first kappa shape index (κ1) is 10.4. The summed E-state index contributed by atoms with van der Waals surface area (Å²) in [4.78, 5) is 4.26. The van der Waals surface area contributed by atoms with Crippen LogP contribution in [0.5, 0.6) is 0 Å². The molecule has 0 spiro atoms. The first-order valence-corrected chi connectivity index (χ1v) is 5.80. The van der Waals surface area contributed by atoms with Crippen molar-refractivity contribution in [3.8, 4) is 5.69 Å². The Kier molecular flexibility index (Phi) is 2.40. The second-order valence-electron chi connectivity index (χ2n) is 3.56. The normalized spacial score (nSPS) is 10.9. The second kappa shape index (κ2) is 3.92. The molecule has 0 saturated heterocycles. The molecule has 0 N–H and O–H groups in total. The molecule has 0 aliphatic rings. The Labute approximate surface area is 105 Å². The van der Waals surface area contributed by atoms with Crippen molar-refractivity contribution >= 4 is 27.0 Å². The molecule has 0 atom stereocenters. The Hall–Kier alpha value is -1.75. The number of aromatic nitrogens is 3. The molecular weight excluding hydrogens is 285 g/mol. The van der Waals surface area contributed by atoms with Crippen molar-refractivity contribution < 1.29 is 4.39 Å². The molecule has 0 radical (unpaired) electrons. The van der Waals surface area contributed by atoms with Gasteiger partial charge < -0.3 is 0 Å². The number of fused-ring (bicyclic) bond motifs is 1. The maximum Gasteiger partial charge on any atom is 0.164 e. The van der Waals surface area contributed by atoms with Crippen LogP contribution in [0, 0.1) is 5.82 Å². The topological polar surface area (TPSA) is 30.7 Å². The predicted molar refractivity (Wildman–Crippen MR) is 66.5 cm³/mol. The zero-order chi connectivity index (χ0) is 11.8. The lowest BCUT2D eigenvalue weighted by atomic mass is 10.3. The Bertz CT molecular complexity index is 693. The number of benzene rings is 1. The van der Waals surface area contributed by atoms with E-state index in [0.29, 0.717) is 15.9 Å². The van der Waals surface area contributed by atoms with Gasteiger partial charge in [-0.2, -0.15) is 5.10 Å². The molecule has 2 heterocycles. The molecule has 2 aromatic heterocycles. The number of halogens is 2. The Morgan fingerprint density at radius 3 is 2.88 bits per heavy atom. The Balaban J connectivity index is 2.31. The summed E-state index contributed by atoms with van der Waals surface area (Å²) in [5.74, 6) is -0.293. The summed E-state index contributed by atoms with van der Waals surface area (Å²) in [5, 5.41) is 5.21. The quantitative estimate of drug-likeness (QED) is 0.689. The third-order valence-corrected chi connectivity index (χ3v) is 3.04. The monoisotopic (exact) mass is 291 g/mol. The fraction of sp³-hybridized carbons (Fsp3) is 0. The maximum absolute atomic E-state index is 13.2. The minimum absolute atomic E-state index is 0.293. The van der Waals surface area contributed by atoms with Crippen molar-refractivity contribution in [1.82, 2.24) is 14.8 Å². The summed E-state index contributed by atoms with van der Waals surface area (Å²) in [6.45, 7) is 0. The highest BCUT2D eigenvalue weighted by atomic mass is 79.9. The van der Waals surface area contributed by atoms with E-state index in [4.69, 9.17) is 0 Å². The van der Waals surface area contributed by atoms with Gasteiger partial charge >= 0.3 is 0 Å². The highest BCUT2D eigenvalue weighted by Crippen LogP contribution is 2.24. The fourth-order valence-electron chi connectivity index (χ4n) is 1.70. The molecule has 0 amide bonds. The SMILES string of the molecule is Fc1cccc(-n2nc(Br)c3cccnc32)c1. The zero-order valence-corrected chi connectivity index (χ0v) is 10.2. The van der Waals surface area contributed by atoms with Gasteiger partial charge in [0.05, 0.1) is 11.1 Å². The van der Waals surface area contributed by atoms with Crippen LogP contribution < -0.4 is 0 Å². The number of hydrogen-bond acceptors (Lipinski definition) is 2. The van der Waals surface area contributed by atoms with E-state index in [9.17, 15) is 4.39 Å². The largest absolute Gasteiger partial charge is 0.236 e. The minimum Gasteiger partial charge on any atom is -0.236 e. The van der Waals surface area contributed by atoms with Gasteiger partial charge in [0.25, 0.3) is 0 Å². The highest BCUT2D eigenvalue weighted by Gasteiger charge is 2.10. The van der Waals surface area contributed by atoms with Crippen LogP contribution in [0.1, 0.15) is 0 Å². The molecule has 3 aromatic rings. The highest BCUT2D eigenvalue weighted by molar-refractivity contribution is 9.10. The third-order valence-electron chi connectivity index (χ3n) is 2.45. The summed E-state index contributed by atoms with van der Waals surface area (Å²) >= 11 is 3.37. The molecule has 0 fully saturated rings. The molecular formula is C12H7BrFN3. The molecule has 0 aliphatic carbocycles. The van der Waals surface area contributed by atoms with E-state index in [1.807, 2.05) is 12.1 Å². The van der Waals surface area contributed by atoms with E-state index >= 15 is 0 Å². The molecule has 3 rings (SSSR count). The van der Waals surface area contributed by atoms with Gasteiger partial charge in [0.15, 0.2) is 5.65 Å². The predicted octanol–water partition coefficient (Wildman–Crippen LogP) is 3.32. The lowest BCUT2D eigenvalue weighted by Crippen LogP contribution is -1.97. The fourth-order valence-corrected chi connectivity index (χ4v) is 2.17. The summed E-state index contributed by atoms with van der Waals surface area (Å²) in [6.07, 6.45) is 1.69. The van der Waals surface area contributed by atoms with Gasteiger partial charge in [-0.25, -0.2) is 14.1 Å². The van der Waals surface area contributed by atoms with Gasteiger partial charge in [0.1, 0.15) is 10.4 Å². The molecule has 0 bridgehead atoms. The van der Waals surface area contributed by atoms with E-state index < -0.39 is 0 Å². The first-order chi connectivity index (χ1) is 8.25. The maximum atomic E-state index is 13.2. The number of pyridine rings is 1. The van der Waals surface area contributed by atoms with E-state index in [2.05, 4.69) is 26.0 Å². The van der Waals surface area contributed by atoms with Gasteiger partial charge in [0.2, 0.25) is 0 Å². The van der Waals surface area contributed by atoms with Gasteiger partial charge in [-0.3, -0.25) is 0 Å². The summed E-state index contributed by atoms with van der Waals surface area (Å²) in [7, 11) is 0. The molecule has 0 unspecified atom stereocenters. The second-order valence-corrected chi connectivity index (χ2v) is 4.31. The van der Waals surface area contributed by atoms with Gasteiger partial charge in [-0.05, 0) is 46.3 Å². The molecule has 17 heavy (non-hydrogen) atoms. The Morgan fingerprint density at radius 2 is 2.06 bits per heavy atom. The summed E-state index contributed by atoms with van der Waals surface area (Å²) < 4.78 is 15.5. The lowest BCUT2D eigenvalue weighted by molar-refractivity contribution is 0.625. The van der Waals surface area contributed by atoms with Crippen molar-refractivity contribution in [1.29, 1.82) is 0 Å². The zero-order valence-electron chi connectivity index (χ0n) is 8.64. The lowest BCUT2D eigenvalue weighted by Gasteiger charge is -2.01. The molecule has 0 saturated carbocycles. The number of nitrogens with zero attached hydrogens (tertiary/aromatic N) is 3. The molecule has 0 aliphatic heterocycles. The van der Waals surface area contributed by atoms with Gasteiger partial charge in [-0.15, -0.1) is 0 Å². The molecule has 1 aromatic carbocycles. The van der Waals surface area contributed by atoms with E-state index in [1.54, 1.807) is 23.0 Å². The van der Waals surface area contributed by atoms with Crippen LogP contribution in [-0.4, -0.2) is 14.8 Å². The number of rotatable bonds is 1. The average Bonchev–Trinajstić information content (AvgIpc) is 2.68. The molecule has 3 nitrogen and oxygen atoms in total. The first-order valence-electron chi connectivity index (χ1n) is 5.01. The molecule has 84 valence electrons. The summed E-state index contributed by atoms with van der Waals surface area (Å²) in [5.41, 5.74) is 1.35. The third kappa shape index (κ3) is 1.72. The number of hydrogen-bond donors (Lipinski definition) is 0. The van der Waals surface area contributed by atoms with Crippen LogP contribution >= 0.6 is 15.9 Å². The van der Waals surface area contributed by atoms with Crippen LogP contribution in [0.2, 0.25) is 0 Å². The van der Waals surface area contributed by atoms with E-state index in [0.717, 1.165) is 5.39 Å². The van der Waals surface area contributed by atoms with Crippen molar-refractivity contribution in [2.75, 3.05) is 0 Å². The van der Waals surface area contributed by atoms with E-state index in [1.165, 1.54) is 12.1 Å². The van der Waals surface area contributed by atoms with Crippen molar-refractivity contribution in [2.45, 2.75) is 0 Å². The van der Waals surface area contributed by atoms with E-state index in [-0.39, 0.29) is 5.82 Å². The average molecular weight is 292 g/mol. The van der Waals surface area contributed by atoms with Gasteiger partial charge in [-0.1, -0.05) is 6.07 Å². The van der Waals surface area contributed by atoms with Crippen LogP contribution in [0.4, 0.5) is 4.39 Å². The standard InChI is InChI=1S/C12H7BrFN3/c13-11-10-5-2-6-15-12(10)17(16-11)9-4-1-3-8(14)7-9/h1-7H. The van der Waals surface area contributed by atoms with Crippen LogP contribution in [0.15, 0.2) is 47.2 Å². The minimum atomic E-state index is -0.293. The van der Waals surface area contributed by atoms with Crippen molar-refractivity contribution in [3.05, 3.63) is 53.0 Å². The van der Waals surface area contributed by atoms with Gasteiger partial charge in [0, 0.05) is 6.20 Å². The van der Waals surface area contributed by atoms with Crippen LogP contribution in [0.25, 0.3) is 16.7 Å². The summed E-state index contributed by atoms with van der Waals surface area (Å²) in [6, 6.07) is 10.0. The van der Waals surface area contributed by atoms with Crippen molar-refractivity contribution in [2.24, 2.45) is 0 Å². The van der Waals surface area contributed by atoms with Crippen LogP contribution in [-0.2, 0) is 0 Å². The smallest absolute Gasteiger partial charge is 0.164 e.